The minimum absolute atomic E-state index is 0.151. The molecule has 2 N–H and O–H groups in total. The molecule has 4 bridgehead atoms. The first kappa shape index (κ1) is 22.1. The number of hydrogen-bond donors (Lipinski definition) is 2. The Hall–Kier alpha value is -1.06. The Morgan fingerprint density at radius 2 is 1.13 bits per heavy atom. The maximum atomic E-state index is 11.3. The van der Waals surface area contributed by atoms with Gasteiger partial charge in [-0.05, 0) is 97.7 Å². The van der Waals surface area contributed by atoms with Crippen molar-refractivity contribution in [3.8, 4) is 0 Å². The number of fused-ring (bicyclic) bond motifs is 5. The molecule has 0 saturated heterocycles. The third-order valence-corrected chi connectivity index (χ3v) is 10.00. The van der Waals surface area contributed by atoms with Gasteiger partial charge in [-0.25, -0.2) is 0 Å². The van der Waals surface area contributed by atoms with Gasteiger partial charge in [-0.15, -0.1) is 0 Å². The molecule has 4 saturated carbocycles. The highest BCUT2D eigenvalue weighted by molar-refractivity contribution is 5.67. The summed E-state index contributed by atoms with van der Waals surface area (Å²) in [7, 11) is 0. The highest BCUT2D eigenvalue weighted by Crippen LogP contribution is 2.72. The van der Waals surface area contributed by atoms with Crippen LogP contribution in [0.5, 0.6) is 0 Å². The van der Waals surface area contributed by atoms with Gasteiger partial charge in [0.1, 0.15) is 0 Å². The molecule has 4 fully saturated rings. The van der Waals surface area contributed by atoms with Gasteiger partial charge in [0, 0.05) is 12.8 Å². The predicted octanol–water partition coefficient (Wildman–Crippen LogP) is 6.67. The summed E-state index contributed by atoms with van der Waals surface area (Å²) < 4.78 is 0. The van der Waals surface area contributed by atoms with Gasteiger partial charge in [0.2, 0.25) is 0 Å². The Labute approximate surface area is 182 Å². The summed E-state index contributed by atoms with van der Waals surface area (Å²) >= 11 is 0. The lowest BCUT2D eigenvalue weighted by Crippen LogP contribution is -2.57. The van der Waals surface area contributed by atoms with Crippen LogP contribution in [0.25, 0.3) is 0 Å². The minimum atomic E-state index is -0.657. The molecule has 0 aromatic carbocycles. The Bertz CT molecular complexity index is 631. The molecule has 4 nitrogen and oxygen atoms in total. The van der Waals surface area contributed by atoms with Crippen LogP contribution in [-0.4, -0.2) is 22.2 Å². The number of aliphatic carboxylic acids is 2. The minimum Gasteiger partial charge on any atom is -0.481 e. The second-order valence-corrected chi connectivity index (χ2v) is 12.7. The van der Waals surface area contributed by atoms with Crippen molar-refractivity contribution in [3.63, 3.8) is 0 Å². The fourth-order valence-corrected chi connectivity index (χ4v) is 9.35. The van der Waals surface area contributed by atoms with Crippen molar-refractivity contribution in [3.05, 3.63) is 0 Å². The standard InChI is InChI=1S/C26H42O4/c1-23(11-7-21(27)28)13-19-5-3-9-25(15-19,17-23)26-10-4-6-20(16-26)14-24(2,18-26)12-8-22(29)30/h19-20H,3-18H2,1-2H3,(H,27,28)(H,29,30). The van der Waals surface area contributed by atoms with Crippen LogP contribution in [0.4, 0.5) is 0 Å². The van der Waals surface area contributed by atoms with Crippen LogP contribution in [-0.2, 0) is 9.59 Å². The van der Waals surface area contributed by atoms with E-state index in [0.717, 1.165) is 24.7 Å². The summed E-state index contributed by atoms with van der Waals surface area (Å²) in [6.07, 6.45) is 17.7. The Balaban J connectivity index is 1.64. The van der Waals surface area contributed by atoms with Gasteiger partial charge in [-0.1, -0.05) is 39.5 Å². The first-order valence-electron chi connectivity index (χ1n) is 12.5. The molecule has 0 amide bonds. The molecule has 4 aliphatic rings. The second-order valence-electron chi connectivity index (χ2n) is 12.7. The zero-order valence-electron chi connectivity index (χ0n) is 19.2. The zero-order chi connectivity index (χ0) is 21.6. The van der Waals surface area contributed by atoms with Gasteiger partial charge in [0.15, 0.2) is 0 Å². The molecule has 0 aromatic heterocycles. The lowest BCUT2D eigenvalue weighted by atomic mass is 9.38. The normalized spacial score (nSPS) is 45.7. The first-order valence-corrected chi connectivity index (χ1v) is 12.5. The molecule has 0 spiro atoms. The van der Waals surface area contributed by atoms with E-state index in [2.05, 4.69) is 13.8 Å². The number of carboxylic acids is 2. The number of carbonyl (C=O) groups is 2. The maximum Gasteiger partial charge on any atom is 0.303 e. The SMILES string of the molecule is CC1(CCC(=O)O)CC2CCCC(C34CCCC(CC(C)(CCC(=O)O)C3)C4)(C2)C1. The lowest BCUT2D eigenvalue weighted by Gasteiger charge is -2.67. The monoisotopic (exact) mass is 418 g/mol. The van der Waals surface area contributed by atoms with Crippen molar-refractivity contribution in [2.45, 2.75) is 117 Å². The smallest absolute Gasteiger partial charge is 0.303 e. The van der Waals surface area contributed by atoms with E-state index in [9.17, 15) is 19.8 Å². The Morgan fingerprint density at radius 1 is 0.733 bits per heavy atom. The molecular weight excluding hydrogens is 376 g/mol. The van der Waals surface area contributed by atoms with E-state index >= 15 is 0 Å². The van der Waals surface area contributed by atoms with Crippen LogP contribution in [0, 0.1) is 33.5 Å². The number of hydrogen-bond acceptors (Lipinski definition) is 2. The van der Waals surface area contributed by atoms with Gasteiger partial charge in [-0.2, -0.15) is 0 Å². The van der Waals surface area contributed by atoms with Crippen molar-refractivity contribution < 1.29 is 19.8 Å². The average molecular weight is 419 g/mol. The summed E-state index contributed by atoms with van der Waals surface area (Å²) in [5.41, 5.74) is 1.01. The molecule has 6 atom stereocenters. The molecule has 0 heterocycles. The summed E-state index contributed by atoms with van der Waals surface area (Å²) in [5, 5.41) is 18.7. The topological polar surface area (TPSA) is 74.6 Å². The Morgan fingerprint density at radius 3 is 1.50 bits per heavy atom. The third-order valence-electron chi connectivity index (χ3n) is 10.00. The number of rotatable bonds is 7. The summed E-state index contributed by atoms with van der Waals surface area (Å²) in [4.78, 5) is 22.7. The van der Waals surface area contributed by atoms with E-state index in [0.29, 0.717) is 23.7 Å². The quantitative estimate of drug-likeness (QED) is 0.484. The lowest BCUT2D eigenvalue weighted by molar-refractivity contribution is -0.169. The molecule has 4 aliphatic carbocycles. The van der Waals surface area contributed by atoms with Gasteiger partial charge in [0.25, 0.3) is 0 Å². The van der Waals surface area contributed by atoms with E-state index in [-0.39, 0.29) is 10.8 Å². The molecule has 0 aliphatic heterocycles. The average Bonchev–Trinajstić information content (AvgIpc) is 2.64. The van der Waals surface area contributed by atoms with Crippen molar-refractivity contribution in [1.29, 1.82) is 0 Å². The van der Waals surface area contributed by atoms with Crippen molar-refractivity contribution in [2.24, 2.45) is 33.5 Å². The fourth-order valence-electron chi connectivity index (χ4n) is 9.35. The fraction of sp³-hybridized carbons (Fsp3) is 0.923. The predicted molar refractivity (Wildman–Crippen MR) is 117 cm³/mol. The summed E-state index contributed by atoms with van der Waals surface area (Å²) in [6.45, 7) is 4.76. The van der Waals surface area contributed by atoms with Crippen LogP contribution in [0.15, 0.2) is 0 Å². The van der Waals surface area contributed by atoms with E-state index < -0.39 is 11.9 Å². The molecule has 4 heteroatoms. The molecular formula is C26H42O4. The van der Waals surface area contributed by atoms with Crippen LogP contribution in [0.1, 0.15) is 117 Å². The van der Waals surface area contributed by atoms with Crippen LogP contribution < -0.4 is 0 Å². The molecule has 170 valence electrons. The van der Waals surface area contributed by atoms with E-state index in [1.54, 1.807) is 0 Å². The Kier molecular flexibility index (Phi) is 5.77. The van der Waals surface area contributed by atoms with E-state index in [1.807, 2.05) is 0 Å². The highest BCUT2D eigenvalue weighted by atomic mass is 16.4. The summed E-state index contributed by atoms with van der Waals surface area (Å²) in [6, 6.07) is 0. The molecule has 0 radical (unpaired) electrons. The van der Waals surface area contributed by atoms with Crippen molar-refractivity contribution in [1.82, 2.24) is 0 Å². The number of carboxylic acid groups (broad SMARTS) is 2. The van der Waals surface area contributed by atoms with Gasteiger partial charge >= 0.3 is 11.9 Å². The largest absolute Gasteiger partial charge is 0.481 e. The molecule has 0 aromatic rings. The van der Waals surface area contributed by atoms with Gasteiger partial charge < -0.3 is 10.2 Å². The third kappa shape index (κ3) is 4.17. The van der Waals surface area contributed by atoms with Gasteiger partial charge in [-0.3, -0.25) is 9.59 Å². The highest BCUT2D eigenvalue weighted by Gasteiger charge is 2.62. The molecule has 4 rings (SSSR count). The summed E-state index contributed by atoms with van der Waals surface area (Å²) in [5.74, 6) is 0.202. The van der Waals surface area contributed by atoms with Crippen LogP contribution in [0.3, 0.4) is 0 Å². The van der Waals surface area contributed by atoms with E-state index in [1.165, 1.54) is 77.0 Å². The second kappa shape index (κ2) is 7.81. The maximum absolute atomic E-state index is 11.3. The van der Waals surface area contributed by atoms with Crippen molar-refractivity contribution in [2.75, 3.05) is 0 Å². The van der Waals surface area contributed by atoms with Crippen LogP contribution in [0.2, 0.25) is 0 Å². The van der Waals surface area contributed by atoms with Crippen LogP contribution >= 0.6 is 0 Å². The van der Waals surface area contributed by atoms with E-state index in [4.69, 9.17) is 0 Å². The zero-order valence-corrected chi connectivity index (χ0v) is 19.2. The first-order chi connectivity index (χ1) is 14.1. The molecule has 30 heavy (non-hydrogen) atoms. The van der Waals surface area contributed by atoms with Gasteiger partial charge in [0.05, 0.1) is 0 Å². The molecule has 6 unspecified atom stereocenters. The van der Waals surface area contributed by atoms with Crippen molar-refractivity contribution >= 4 is 11.9 Å².